The number of benzene rings is 3. The Balaban J connectivity index is 1.57. The maximum atomic E-state index is 12.0. The third kappa shape index (κ3) is 7.38. The Morgan fingerprint density at radius 3 is 2.29 bits per heavy atom. The van der Waals surface area contributed by atoms with Gasteiger partial charge in [0, 0.05) is 30.7 Å². The van der Waals surface area contributed by atoms with Gasteiger partial charge in [0.1, 0.15) is 28.5 Å². The summed E-state index contributed by atoms with van der Waals surface area (Å²) in [5.41, 5.74) is 6.41. The van der Waals surface area contributed by atoms with Crippen molar-refractivity contribution in [1.29, 1.82) is 0 Å². The standard InChI is InChI=1S/C34H43N5O5S/c1-5-6-7-8-9-10-13-22-37-34(44-4)45-33(36-37)38-29-21-20-26(43-3)23-27(29)31(24-16-18-25(42-2)19-17-24)32(38)35-28-14-11-12-15-30(28)39(40)41/h11-12,14-21,23,33-36H,5-10,13,22H2,1-4H3. The summed E-state index contributed by atoms with van der Waals surface area (Å²) in [6.45, 7) is 3.09. The number of rotatable bonds is 16. The number of nitro groups is 1. The molecule has 1 aliphatic heterocycles. The fourth-order valence-electron chi connectivity index (χ4n) is 5.83. The lowest BCUT2D eigenvalue weighted by Crippen LogP contribution is -2.40. The Morgan fingerprint density at radius 2 is 1.60 bits per heavy atom. The van der Waals surface area contributed by atoms with E-state index in [2.05, 4.69) is 27.2 Å². The van der Waals surface area contributed by atoms with Crippen LogP contribution < -0.4 is 20.2 Å². The molecule has 0 bridgehead atoms. The minimum atomic E-state index is -0.362. The van der Waals surface area contributed by atoms with Gasteiger partial charge in [0.2, 0.25) is 0 Å². The van der Waals surface area contributed by atoms with Gasteiger partial charge < -0.3 is 24.1 Å². The number of nitrogens with one attached hydrogen (secondary N) is 2. The Kier molecular flexibility index (Phi) is 11.2. The summed E-state index contributed by atoms with van der Waals surface area (Å²) >= 11 is 1.65. The fourth-order valence-corrected chi connectivity index (χ4v) is 7.01. The number of ether oxygens (including phenoxy) is 3. The van der Waals surface area contributed by atoms with Crippen LogP contribution in [0.1, 0.15) is 57.4 Å². The number of hydrazine groups is 1. The quantitative estimate of drug-likeness (QED) is 0.0713. The maximum Gasteiger partial charge on any atom is 0.292 e. The van der Waals surface area contributed by atoms with Crippen molar-refractivity contribution >= 4 is 39.9 Å². The van der Waals surface area contributed by atoms with Gasteiger partial charge in [0.25, 0.3) is 5.69 Å². The predicted molar refractivity (Wildman–Crippen MR) is 182 cm³/mol. The highest BCUT2D eigenvalue weighted by atomic mass is 32.2. The van der Waals surface area contributed by atoms with Gasteiger partial charge >= 0.3 is 0 Å². The van der Waals surface area contributed by atoms with Crippen LogP contribution in [-0.4, -0.2) is 47.9 Å². The number of anilines is 2. The molecule has 2 heterocycles. The van der Waals surface area contributed by atoms with Crippen LogP contribution in [-0.2, 0) is 4.74 Å². The number of thioether (sulfide) groups is 1. The van der Waals surface area contributed by atoms with E-state index in [-0.39, 0.29) is 21.7 Å². The van der Waals surface area contributed by atoms with Gasteiger partial charge in [-0.25, -0.2) is 10.4 Å². The largest absolute Gasteiger partial charge is 0.497 e. The SMILES string of the molecule is CCCCCCCCCN1NC(n2c(Nc3ccccc3[N+](=O)[O-])c(-c3ccc(OC)cc3)c3cc(OC)ccc32)SC1OC. The molecule has 11 heteroatoms. The van der Waals surface area contributed by atoms with E-state index >= 15 is 0 Å². The summed E-state index contributed by atoms with van der Waals surface area (Å²) in [6.07, 6.45) is 8.60. The average Bonchev–Trinajstić information content (AvgIpc) is 3.61. The van der Waals surface area contributed by atoms with Gasteiger partial charge in [-0.2, -0.15) is 0 Å². The van der Waals surface area contributed by atoms with Crippen molar-refractivity contribution in [2.45, 2.75) is 62.9 Å². The number of para-hydroxylation sites is 2. The summed E-state index contributed by atoms with van der Waals surface area (Å²) in [7, 11) is 5.02. The molecule has 1 fully saturated rings. The number of hydrogen-bond donors (Lipinski definition) is 2. The third-order valence-electron chi connectivity index (χ3n) is 8.16. The summed E-state index contributed by atoms with van der Waals surface area (Å²) in [5.74, 6) is 2.18. The van der Waals surface area contributed by atoms with Crippen molar-refractivity contribution in [1.82, 2.24) is 15.0 Å². The van der Waals surface area contributed by atoms with Crippen LogP contribution in [0.15, 0.2) is 66.7 Å². The number of unbranched alkanes of at least 4 members (excludes halogenated alkanes) is 6. The lowest BCUT2D eigenvalue weighted by atomic mass is 10.0. The van der Waals surface area contributed by atoms with Crippen molar-refractivity contribution in [2.24, 2.45) is 0 Å². The second-order valence-corrected chi connectivity index (χ2v) is 12.2. The van der Waals surface area contributed by atoms with Crippen LogP contribution in [0, 0.1) is 10.1 Å². The Morgan fingerprint density at radius 1 is 0.911 bits per heavy atom. The molecule has 2 atom stereocenters. The normalized spacial score (nSPS) is 16.7. The fraction of sp³-hybridized carbons (Fsp3) is 0.412. The lowest BCUT2D eigenvalue weighted by Gasteiger charge is -2.22. The molecule has 0 saturated carbocycles. The van der Waals surface area contributed by atoms with Crippen molar-refractivity contribution in [3.8, 4) is 22.6 Å². The van der Waals surface area contributed by atoms with Gasteiger partial charge in [-0.15, -0.1) is 0 Å². The van der Waals surface area contributed by atoms with E-state index in [0.717, 1.165) is 46.6 Å². The van der Waals surface area contributed by atoms with Gasteiger partial charge in [-0.05, 0) is 48.4 Å². The topological polar surface area (TPSA) is 103 Å². The molecular formula is C34H43N5O5S. The van der Waals surface area contributed by atoms with Gasteiger partial charge in [-0.3, -0.25) is 10.1 Å². The first-order chi connectivity index (χ1) is 22.0. The van der Waals surface area contributed by atoms with E-state index in [1.165, 1.54) is 44.6 Å². The van der Waals surface area contributed by atoms with Crippen LogP contribution in [0.2, 0.25) is 0 Å². The van der Waals surface area contributed by atoms with Gasteiger partial charge in [-0.1, -0.05) is 81.5 Å². The molecule has 3 aromatic carbocycles. The number of nitro benzene ring substituents is 1. The zero-order valence-corrected chi connectivity index (χ0v) is 27.3. The maximum absolute atomic E-state index is 12.0. The minimum Gasteiger partial charge on any atom is -0.497 e. The van der Waals surface area contributed by atoms with E-state index < -0.39 is 0 Å². The summed E-state index contributed by atoms with van der Waals surface area (Å²) in [5, 5.41) is 18.6. The molecule has 2 N–H and O–H groups in total. The molecule has 0 radical (unpaired) electrons. The molecule has 1 aliphatic rings. The van der Waals surface area contributed by atoms with E-state index in [9.17, 15) is 10.1 Å². The highest BCUT2D eigenvalue weighted by Gasteiger charge is 2.36. The highest BCUT2D eigenvalue weighted by molar-refractivity contribution is 7.99. The second kappa shape index (κ2) is 15.5. The van der Waals surface area contributed by atoms with E-state index in [0.29, 0.717) is 11.4 Å². The number of hydrogen-bond acceptors (Lipinski definition) is 9. The zero-order valence-electron chi connectivity index (χ0n) is 26.5. The van der Waals surface area contributed by atoms with E-state index in [1.54, 1.807) is 51.3 Å². The molecule has 5 rings (SSSR count). The first kappa shape index (κ1) is 32.6. The molecular weight excluding hydrogens is 590 g/mol. The molecule has 0 aliphatic carbocycles. The summed E-state index contributed by atoms with van der Waals surface area (Å²) in [6, 6.07) is 20.5. The minimum absolute atomic E-state index is 0.00469. The van der Waals surface area contributed by atoms with Gasteiger partial charge in [0.15, 0.2) is 5.56 Å². The van der Waals surface area contributed by atoms with Crippen LogP contribution >= 0.6 is 11.8 Å². The Hall–Kier alpha value is -3.77. The Labute approximate surface area is 269 Å². The van der Waals surface area contributed by atoms with Gasteiger partial charge in [0.05, 0.1) is 24.7 Å². The van der Waals surface area contributed by atoms with Crippen LogP contribution in [0.4, 0.5) is 17.2 Å². The monoisotopic (exact) mass is 633 g/mol. The van der Waals surface area contributed by atoms with Crippen molar-refractivity contribution < 1.29 is 19.1 Å². The average molecular weight is 634 g/mol. The zero-order chi connectivity index (χ0) is 31.8. The first-order valence-electron chi connectivity index (χ1n) is 15.6. The molecule has 10 nitrogen and oxygen atoms in total. The number of methoxy groups -OCH3 is 3. The summed E-state index contributed by atoms with van der Waals surface area (Å²) < 4.78 is 19.2. The summed E-state index contributed by atoms with van der Waals surface area (Å²) in [4.78, 5) is 11.7. The van der Waals surface area contributed by atoms with Crippen LogP contribution in [0.25, 0.3) is 22.0 Å². The molecule has 240 valence electrons. The van der Waals surface area contributed by atoms with Crippen LogP contribution in [0.3, 0.4) is 0 Å². The predicted octanol–water partition coefficient (Wildman–Crippen LogP) is 8.67. The molecule has 0 amide bonds. The third-order valence-corrected chi connectivity index (χ3v) is 9.41. The molecule has 1 saturated heterocycles. The van der Waals surface area contributed by atoms with E-state index in [1.807, 2.05) is 42.5 Å². The molecule has 2 unspecified atom stereocenters. The Bertz CT molecular complexity index is 1580. The smallest absolute Gasteiger partial charge is 0.292 e. The highest BCUT2D eigenvalue weighted by Crippen LogP contribution is 2.47. The molecule has 4 aromatic rings. The molecule has 1 aromatic heterocycles. The van der Waals surface area contributed by atoms with Crippen molar-refractivity contribution in [3.63, 3.8) is 0 Å². The number of nitrogens with zero attached hydrogens (tertiary/aromatic N) is 3. The van der Waals surface area contributed by atoms with E-state index in [4.69, 9.17) is 14.2 Å². The second-order valence-electron chi connectivity index (χ2n) is 11.1. The lowest BCUT2D eigenvalue weighted by molar-refractivity contribution is -0.383. The number of aromatic nitrogens is 1. The first-order valence-corrected chi connectivity index (χ1v) is 16.5. The van der Waals surface area contributed by atoms with Crippen LogP contribution in [0.5, 0.6) is 11.5 Å². The van der Waals surface area contributed by atoms with Crippen molar-refractivity contribution in [2.75, 3.05) is 33.2 Å². The molecule has 0 spiro atoms. The molecule has 45 heavy (non-hydrogen) atoms. The van der Waals surface area contributed by atoms with Crippen molar-refractivity contribution in [3.05, 3.63) is 76.8 Å². The number of fused-ring (bicyclic) bond motifs is 1.